The van der Waals surface area contributed by atoms with Crippen molar-refractivity contribution in [2.24, 2.45) is 0 Å². The fourth-order valence-corrected chi connectivity index (χ4v) is 1.40. The third-order valence-electron chi connectivity index (χ3n) is 2.28. The van der Waals surface area contributed by atoms with Gasteiger partial charge in [-0.2, -0.15) is 0 Å². The summed E-state index contributed by atoms with van der Waals surface area (Å²) < 4.78 is 31.9. The average Bonchev–Trinajstić information content (AvgIpc) is 2.79. The lowest BCUT2D eigenvalue weighted by Gasteiger charge is -2.11. The van der Waals surface area contributed by atoms with Gasteiger partial charge < -0.3 is 28.4 Å². The van der Waals surface area contributed by atoms with E-state index in [9.17, 15) is 0 Å². The van der Waals surface area contributed by atoms with Crippen molar-refractivity contribution in [1.29, 1.82) is 0 Å². The van der Waals surface area contributed by atoms with Crippen LogP contribution in [-0.4, -0.2) is 40.0 Å². The van der Waals surface area contributed by atoms with Gasteiger partial charge in [-0.3, -0.25) is 0 Å². The summed E-state index contributed by atoms with van der Waals surface area (Å²) in [6.07, 6.45) is 2.70. The topological polar surface area (TPSA) is 55.4 Å². The molecule has 0 spiro atoms. The van der Waals surface area contributed by atoms with Crippen molar-refractivity contribution in [3.8, 4) is 0 Å². The summed E-state index contributed by atoms with van der Waals surface area (Å²) in [6.45, 7) is 5.40. The van der Waals surface area contributed by atoms with Crippen molar-refractivity contribution in [3.05, 3.63) is 11.9 Å². The molecule has 0 bridgehead atoms. The molecule has 0 saturated carbocycles. The van der Waals surface area contributed by atoms with Gasteiger partial charge in [0.25, 0.3) is 0 Å². The van der Waals surface area contributed by atoms with Crippen LogP contribution >= 0.6 is 0 Å². The lowest BCUT2D eigenvalue weighted by molar-refractivity contribution is -0.247. The number of ether oxygens (including phenoxy) is 6. The van der Waals surface area contributed by atoms with Crippen LogP contribution in [-0.2, 0) is 28.4 Å². The van der Waals surface area contributed by atoms with Crippen LogP contribution in [0, 0.1) is 0 Å². The monoisotopic (exact) mass is 276 g/mol. The molecule has 0 aromatic heterocycles. The molecule has 0 radical (unpaired) electrons. The van der Waals surface area contributed by atoms with E-state index in [1.165, 1.54) is 0 Å². The minimum Gasteiger partial charge on any atom is -0.460 e. The Morgan fingerprint density at radius 2 is 1.63 bits per heavy atom. The molecular formula is C13H24O6. The first-order valence-corrected chi connectivity index (χ1v) is 6.75. The van der Waals surface area contributed by atoms with Gasteiger partial charge in [-0.25, -0.2) is 0 Å². The number of hydrogen-bond donors (Lipinski definition) is 0. The van der Waals surface area contributed by atoms with Crippen LogP contribution in [0.1, 0.15) is 33.1 Å². The first-order chi connectivity index (χ1) is 9.31. The predicted molar refractivity (Wildman–Crippen MR) is 67.9 cm³/mol. The third-order valence-corrected chi connectivity index (χ3v) is 2.28. The molecule has 6 heteroatoms. The molecule has 1 aliphatic heterocycles. The highest BCUT2D eigenvalue weighted by atomic mass is 16.9. The van der Waals surface area contributed by atoms with Crippen molar-refractivity contribution in [2.75, 3.05) is 33.5 Å². The van der Waals surface area contributed by atoms with E-state index in [1.54, 1.807) is 7.11 Å². The second-order valence-corrected chi connectivity index (χ2v) is 3.95. The summed E-state index contributed by atoms with van der Waals surface area (Å²) in [5, 5.41) is 0. The van der Waals surface area contributed by atoms with Gasteiger partial charge in [0.2, 0.25) is 0 Å². The number of unbranched alkanes of at least 4 members (excludes halogenated alkanes) is 1. The van der Waals surface area contributed by atoms with Crippen LogP contribution in [0.15, 0.2) is 11.9 Å². The van der Waals surface area contributed by atoms with Crippen LogP contribution in [0.4, 0.5) is 0 Å². The van der Waals surface area contributed by atoms with Gasteiger partial charge in [-0.1, -0.05) is 6.92 Å². The summed E-state index contributed by atoms with van der Waals surface area (Å²) in [5.74, 6) is 0.531. The Labute approximate surface area is 114 Å². The number of hydrogen-bond acceptors (Lipinski definition) is 6. The van der Waals surface area contributed by atoms with Gasteiger partial charge in [0.05, 0.1) is 19.8 Å². The lowest BCUT2D eigenvalue weighted by Crippen LogP contribution is -2.16. The van der Waals surface area contributed by atoms with Crippen molar-refractivity contribution in [1.82, 2.24) is 0 Å². The molecule has 0 N–H and O–H groups in total. The summed E-state index contributed by atoms with van der Waals surface area (Å²) in [4.78, 5) is 0. The summed E-state index contributed by atoms with van der Waals surface area (Å²) >= 11 is 0. The van der Waals surface area contributed by atoms with E-state index in [1.807, 2.05) is 13.8 Å². The van der Waals surface area contributed by atoms with Gasteiger partial charge in [0.1, 0.15) is 0 Å². The molecule has 1 heterocycles. The van der Waals surface area contributed by atoms with Crippen LogP contribution in [0.3, 0.4) is 0 Å². The van der Waals surface area contributed by atoms with Crippen LogP contribution in [0.25, 0.3) is 0 Å². The Kier molecular flexibility index (Phi) is 8.16. The normalized spacial score (nSPS) is 18.2. The zero-order chi connectivity index (χ0) is 13.9. The second-order valence-electron chi connectivity index (χ2n) is 3.95. The first kappa shape index (κ1) is 15.9. The SMILES string of the molecule is CCCOC1=C(OCC)OC(OCCCCOC)O1. The first-order valence-electron chi connectivity index (χ1n) is 6.75. The quantitative estimate of drug-likeness (QED) is 0.540. The highest BCUT2D eigenvalue weighted by molar-refractivity contribution is 4.90. The maximum absolute atomic E-state index is 5.43. The molecule has 0 fully saturated rings. The Bertz CT molecular complexity index is 266. The fourth-order valence-electron chi connectivity index (χ4n) is 1.40. The molecule has 0 amide bonds. The van der Waals surface area contributed by atoms with Gasteiger partial charge >= 0.3 is 18.4 Å². The standard InChI is InChI=1S/C13H24O6/c1-4-8-16-12-11(15-5-2)18-13(19-12)17-10-7-6-9-14-3/h13H,4-10H2,1-3H3. The van der Waals surface area contributed by atoms with E-state index in [2.05, 4.69) is 0 Å². The predicted octanol–water partition coefficient (Wildman–Crippen LogP) is 2.35. The molecule has 0 aliphatic carbocycles. The highest BCUT2D eigenvalue weighted by Gasteiger charge is 2.31. The van der Waals surface area contributed by atoms with Crippen LogP contribution < -0.4 is 0 Å². The van der Waals surface area contributed by atoms with E-state index in [0.29, 0.717) is 19.8 Å². The Morgan fingerprint density at radius 1 is 0.947 bits per heavy atom. The minimum absolute atomic E-state index is 0.262. The Hall–Kier alpha value is -1.14. The Morgan fingerprint density at radius 3 is 2.26 bits per heavy atom. The van der Waals surface area contributed by atoms with E-state index in [4.69, 9.17) is 28.4 Å². The molecule has 1 aliphatic rings. The van der Waals surface area contributed by atoms with Crippen LogP contribution in [0.2, 0.25) is 0 Å². The maximum Gasteiger partial charge on any atom is 0.369 e. The number of methoxy groups -OCH3 is 1. The van der Waals surface area contributed by atoms with Crippen molar-refractivity contribution in [2.45, 2.75) is 39.6 Å². The Balaban J connectivity index is 2.25. The molecule has 0 aromatic rings. The molecular weight excluding hydrogens is 252 g/mol. The van der Waals surface area contributed by atoms with Gasteiger partial charge in [0, 0.05) is 13.7 Å². The smallest absolute Gasteiger partial charge is 0.369 e. The maximum atomic E-state index is 5.43. The van der Waals surface area contributed by atoms with Gasteiger partial charge in [-0.15, -0.1) is 0 Å². The molecule has 1 atom stereocenters. The van der Waals surface area contributed by atoms with Gasteiger partial charge in [0.15, 0.2) is 0 Å². The molecule has 19 heavy (non-hydrogen) atoms. The van der Waals surface area contributed by atoms with E-state index < -0.39 is 6.48 Å². The molecule has 6 nitrogen and oxygen atoms in total. The van der Waals surface area contributed by atoms with E-state index in [0.717, 1.165) is 25.9 Å². The van der Waals surface area contributed by atoms with E-state index in [-0.39, 0.29) is 11.9 Å². The van der Waals surface area contributed by atoms with E-state index >= 15 is 0 Å². The largest absolute Gasteiger partial charge is 0.460 e. The third kappa shape index (κ3) is 6.02. The fraction of sp³-hybridized carbons (Fsp3) is 0.846. The van der Waals surface area contributed by atoms with Crippen molar-refractivity contribution in [3.63, 3.8) is 0 Å². The zero-order valence-corrected chi connectivity index (χ0v) is 12.0. The molecule has 1 rings (SSSR count). The second kappa shape index (κ2) is 9.75. The van der Waals surface area contributed by atoms with Crippen molar-refractivity contribution >= 4 is 0 Å². The van der Waals surface area contributed by atoms with Crippen LogP contribution in [0.5, 0.6) is 0 Å². The molecule has 1 unspecified atom stereocenters. The molecule has 0 aromatic carbocycles. The minimum atomic E-state index is -0.782. The molecule has 0 saturated heterocycles. The zero-order valence-electron chi connectivity index (χ0n) is 12.0. The summed E-state index contributed by atoms with van der Waals surface area (Å²) in [5.41, 5.74) is 0. The highest BCUT2D eigenvalue weighted by Crippen LogP contribution is 2.25. The van der Waals surface area contributed by atoms with Gasteiger partial charge in [-0.05, 0) is 26.2 Å². The summed E-state index contributed by atoms with van der Waals surface area (Å²) in [7, 11) is 1.68. The average molecular weight is 276 g/mol. The summed E-state index contributed by atoms with van der Waals surface area (Å²) in [6, 6.07) is 0. The number of rotatable bonds is 11. The van der Waals surface area contributed by atoms with Crippen molar-refractivity contribution < 1.29 is 28.4 Å². The molecule has 112 valence electrons. The lowest BCUT2D eigenvalue weighted by atomic mass is 10.3.